The molecule has 1 atom stereocenters. The number of nitrogens with one attached hydrogen (secondary N) is 2. The first-order valence-electron chi connectivity index (χ1n) is 6.43. The molecular weight excluding hydrogens is 298 g/mol. The van der Waals surface area contributed by atoms with Crippen LogP contribution in [0.4, 0.5) is 11.4 Å². The Bertz CT molecular complexity index is 626. The summed E-state index contributed by atoms with van der Waals surface area (Å²) in [6.45, 7) is 2.37. The van der Waals surface area contributed by atoms with Crippen molar-refractivity contribution in [3.05, 3.63) is 28.3 Å². The van der Waals surface area contributed by atoms with Crippen LogP contribution in [0.3, 0.4) is 0 Å². The summed E-state index contributed by atoms with van der Waals surface area (Å²) in [6.07, 6.45) is 0.841. The first-order chi connectivity index (χ1) is 9.89. The summed E-state index contributed by atoms with van der Waals surface area (Å²) in [5, 5.41) is 17.3. The number of sulfone groups is 1. The van der Waals surface area contributed by atoms with Gasteiger partial charge in [0.15, 0.2) is 9.84 Å². The highest BCUT2D eigenvalue weighted by molar-refractivity contribution is 7.90. The maximum absolute atomic E-state index is 11.6. The zero-order valence-electron chi connectivity index (χ0n) is 11.5. The maximum atomic E-state index is 11.6. The second-order valence-electron chi connectivity index (χ2n) is 4.76. The molecule has 0 radical (unpaired) electrons. The van der Waals surface area contributed by atoms with Gasteiger partial charge in [-0.15, -0.1) is 0 Å². The number of nitro groups is 1. The van der Waals surface area contributed by atoms with Crippen molar-refractivity contribution in [1.82, 2.24) is 5.32 Å². The molecule has 0 saturated carbocycles. The Balaban J connectivity index is 2.24. The molecule has 1 aromatic carbocycles. The summed E-state index contributed by atoms with van der Waals surface area (Å²) < 4.78 is 28.8. The van der Waals surface area contributed by atoms with Crippen molar-refractivity contribution in [2.45, 2.75) is 11.0 Å². The molecular formula is C12H17N3O5S. The topological polar surface area (TPSA) is 111 Å². The van der Waals surface area contributed by atoms with Gasteiger partial charge in [-0.05, 0) is 12.1 Å². The van der Waals surface area contributed by atoms with Crippen LogP contribution in [0.15, 0.2) is 23.1 Å². The molecule has 116 valence electrons. The molecule has 8 nitrogen and oxygen atoms in total. The molecule has 1 aromatic rings. The van der Waals surface area contributed by atoms with E-state index in [2.05, 4.69) is 10.6 Å². The van der Waals surface area contributed by atoms with Gasteiger partial charge in [0.1, 0.15) is 10.6 Å². The lowest BCUT2D eigenvalue weighted by atomic mass is 10.2. The molecule has 0 aliphatic carbocycles. The quantitative estimate of drug-likeness (QED) is 0.597. The number of nitrogens with zero attached hydrogens (tertiary/aromatic N) is 1. The van der Waals surface area contributed by atoms with E-state index in [1.54, 1.807) is 0 Å². The van der Waals surface area contributed by atoms with Gasteiger partial charge >= 0.3 is 5.69 Å². The zero-order chi connectivity index (χ0) is 15.5. The molecule has 1 aliphatic rings. The average molecular weight is 315 g/mol. The van der Waals surface area contributed by atoms with Gasteiger partial charge in [-0.2, -0.15) is 0 Å². The van der Waals surface area contributed by atoms with E-state index >= 15 is 0 Å². The first-order valence-corrected chi connectivity index (χ1v) is 8.32. The zero-order valence-corrected chi connectivity index (χ0v) is 12.4. The summed E-state index contributed by atoms with van der Waals surface area (Å²) in [4.78, 5) is 10.2. The Kier molecular flexibility index (Phi) is 4.76. The molecule has 0 spiro atoms. The van der Waals surface area contributed by atoms with Crippen molar-refractivity contribution >= 4 is 21.2 Å². The van der Waals surface area contributed by atoms with E-state index in [0.29, 0.717) is 19.7 Å². The van der Waals surface area contributed by atoms with Crippen LogP contribution in [0.2, 0.25) is 0 Å². The van der Waals surface area contributed by atoms with Crippen LogP contribution in [-0.4, -0.2) is 51.9 Å². The van der Waals surface area contributed by atoms with Crippen LogP contribution in [-0.2, 0) is 14.6 Å². The fraction of sp³-hybridized carbons (Fsp3) is 0.500. The number of rotatable bonds is 5. The van der Waals surface area contributed by atoms with E-state index in [0.717, 1.165) is 12.8 Å². The minimum atomic E-state index is -3.67. The van der Waals surface area contributed by atoms with Crippen LogP contribution in [0.1, 0.15) is 0 Å². The van der Waals surface area contributed by atoms with Crippen LogP contribution >= 0.6 is 0 Å². The van der Waals surface area contributed by atoms with E-state index in [9.17, 15) is 18.5 Å². The summed E-state index contributed by atoms with van der Waals surface area (Å²) >= 11 is 0. The molecule has 2 rings (SSSR count). The SMILES string of the molecule is CS(=O)(=O)c1cccc(NCC2CNCCO2)c1[N+](=O)[O-]. The molecule has 2 N–H and O–H groups in total. The van der Waals surface area contributed by atoms with Gasteiger partial charge in [0.2, 0.25) is 0 Å². The van der Waals surface area contributed by atoms with E-state index in [1.807, 2.05) is 0 Å². The predicted octanol–water partition coefficient (Wildman–Crippen LogP) is 0.399. The number of hydrogen-bond acceptors (Lipinski definition) is 7. The van der Waals surface area contributed by atoms with Crippen molar-refractivity contribution in [2.75, 3.05) is 37.8 Å². The Morgan fingerprint density at radius 1 is 1.52 bits per heavy atom. The number of anilines is 1. The van der Waals surface area contributed by atoms with Gasteiger partial charge in [-0.25, -0.2) is 8.42 Å². The Hall–Kier alpha value is -1.71. The number of ether oxygens (including phenoxy) is 1. The van der Waals surface area contributed by atoms with E-state index in [1.165, 1.54) is 18.2 Å². The molecule has 1 aliphatic heterocycles. The molecule has 0 aromatic heterocycles. The normalized spacial score (nSPS) is 19.2. The third-order valence-corrected chi connectivity index (χ3v) is 4.23. The molecule has 21 heavy (non-hydrogen) atoms. The lowest BCUT2D eigenvalue weighted by Crippen LogP contribution is -2.42. The average Bonchev–Trinajstić information content (AvgIpc) is 2.44. The van der Waals surface area contributed by atoms with Gasteiger partial charge in [-0.3, -0.25) is 10.1 Å². The van der Waals surface area contributed by atoms with Crippen LogP contribution in [0.25, 0.3) is 0 Å². The lowest BCUT2D eigenvalue weighted by Gasteiger charge is -2.24. The monoisotopic (exact) mass is 315 g/mol. The van der Waals surface area contributed by atoms with Crippen LogP contribution in [0.5, 0.6) is 0 Å². The molecule has 9 heteroatoms. The predicted molar refractivity (Wildman–Crippen MR) is 77.3 cm³/mol. The minimum Gasteiger partial charge on any atom is -0.377 e. The van der Waals surface area contributed by atoms with Crippen molar-refractivity contribution in [3.8, 4) is 0 Å². The number of para-hydroxylation sites is 1. The number of benzene rings is 1. The highest BCUT2D eigenvalue weighted by Crippen LogP contribution is 2.31. The number of hydrogen-bond donors (Lipinski definition) is 2. The third-order valence-electron chi connectivity index (χ3n) is 3.11. The summed E-state index contributed by atoms with van der Waals surface area (Å²) in [5.41, 5.74) is -0.249. The molecule has 0 amide bonds. The second-order valence-corrected chi connectivity index (χ2v) is 6.74. The Morgan fingerprint density at radius 2 is 2.29 bits per heavy atom. The van der Waals surface area contributed by atoms with E-state index < -0.39 is 20.4 Å². The van der Waals surface area contributed by atoms with Crippen molar-refractivity contribution in [2.24, 2.45) is 0 Å². The number of nitro benzene ring substituents is 1. The summed E-state index contributed by atoms with van der Waals surface area (Å²) in [6, 6.07) is 4.20. The smallest absolute Gasteiger partial charge is 0.310 e. The third kappa shape index (κ3) is 3.90. The van der Waals surface area contributed by atoms with Crippen molar-refractivity contribution in [1.29, 1.82) is 0 Å². The first kappa shape index (κ1) is 15.7. The largest absolute Gasteiger partial charge is 0.377 e. The van der Waals surface area contributed by atoms with Gasteiger partial charge in [-0.1, -0.05) is 6.07 Å². The fourth-order valence-corrected chi connectivity index (χ4v) is 2.99. The van der Waals surface area contributed by atoms with Gasteiger partial charge in [0.05, 0.1) is 17.6 Å². The van der Waals surface area contributed by atoms with Gasteiger partial charge < -0.3 is 15.4 Å². The molecule has 1 fully saturated rings. The molecule has 1 heterocycles. The Labute approximate surface area is 122 Å². The minimum absolute atomic E-state index is 0.111. The molecule has 0 bridgehead atoms. The van der Waals surface area contributed by atoms with E-state index in [4.69, 9.17) is 4.74 Å². The molecule has 1 saturated heterocycles. The van der Waals surface area contributed by atoms with Crippen molar-refractivity contribution in [3.63, 3.8) is 0 Å². The Morgan fingerprint density at radius 3 is 2.86 bits per heavy atom. The van der Waals surface area contributed by atoms with Gasteiger partial charge in [0.25, 0.3) is 0 Å². The van der Waals surface area contributed by atoms with Gasteiger partial charge in [0, 0.05) is 25.9 Å². The summed E-state index contributed by atoms with van der Waals surface area (Å²) in [7, 11) is -3.67. The maximum Gasteiger partial charge on any atom is 0.310 e. The summed E-state index contributed by atoms with van der Waals surface area (Å²) in [5.74, 6) is 0. The number of morpholine rings is 1. The standard InChI is InChI=1S/C12H17N3O5S/c1-21(18,19)11-4-2-3-10(12(11)15(16)17)14-8-9-7-13-5-6-20-9/h2-4,9,13-14H,5-8H2,1H3. The highest BCUT2D eigenvalue weighted by Gasteiger charge is 2.26. The lowest BCUT2D eigenvalue weighted by molar-refractivity contribution is -0.386. The van der Waals surface area contributed by atoms with Crippen LogP contribution in [0, 0.1) is 10.1 Å². The molecule has 1 unspecified atom stereocenters. The van der Waals surface area contributed by atoms with Crippen molar-refractivity contribution < 1.29 is 18.1 Å². The highest BCUT2D eigenvalue weighted by atomic mass is 32.2. The van der Waals surface area contributed by atoms with E-state index in [-0.39, 0.29) is 16.7 Å². The van der Waals surface area contributed by atoms with Crippen LogP contribution < -0.4 is 10.6 Å². The fourth-order valence-electron chi connectivity index (χ4n) is 2.13. The second kappa shape index (κ2) is 6.37.